The van der Waals surface area contributed by atoms with Crippen LogP contribution in [0.3, 0.4) is 0 Å². The molecule has 0 radical (unpaired) electrons. The van der Waals surface area contributed by atoms with Gasteiger partial charge in [-0.05, 0) is 37.1 Å². The van der Waals surface area contributed by atoms with Crippen LogP contribution in [0.5, 0.6) is 0 Å². The summed E-state index contributed by atoms with van der Waals surface area (Å²) in [6.45, 7) is 1.08. The summed E-state index contributed by atoms with van der Waals surface area (Å²) in [4.78, 5) is 0. The molecule has 1 aromatic heterocycles. The van der Waals surface area contributed by atoms with Crippen molar-refractivity contribution in [1.29, 1.82) is 0 Å². The van der Waals surface area contributed by atoms with E-state index < -0.39 is 0 Å². The molecule has 0 unspecified atom stereocenters. The van der Waals surface area contributed by atoms with Gasteiger partial charge in [0.15, 0.2) is 0 Å². The molecule has 0 spiro atoms. The minimum absolute atomic E-state index is 1.08. The number of aromatic nitrogens is 1. The average molecular weight is 488 g/mol. The van der Waals surface area contributed by atoms with Crippen molar-refractivity contribution >= 4 is 69.6 Å². The Bertz CT molecular complexity index is 732. The smallest absolute Gasteiger partial charge is 0.0502 e. The third-order valence-corrected chi connectivity index (χ3v) is 5.60. The zero-order chi connectivity index (χ0) is 15.5. The number of alkyl halides is 1. The van der Waals surface area contributed by atoms with Crippen LogP contribution in [-0.4, -0.2) is 9.90 Å². The lowest BCUT2D eigenvalue weighted by Crippen LogP contribution is -1.98. The Kier molecular flexibility index (Phi) is 5.64. The summed E-state index contributed by atoms with van der Waals surface area (Å²) in [5.41, 5.74) is 2.64. The third-order valence-electron chi connectivity index (χ3n) is 4.06. The Morgan fingerprint density at radius 2 is 1.27 bits per heavy atom. The van der Waals surface area contributed by atoms with Gasteiger partial charge in [0, 0.05) is 31.6 Å². The van der Waals surface area contributed by atoms with Crippen molar-refractivity contribution in [1.82, 2.24) is 4.57 Å². The molecule has 0 saturated carbocycles. The maximum atomic E-state index is 3.61. The van der Waals surface area contributed by atoms with Gasteiger partial charge in [-0.3, -0.25) is 0 Å². The quantitative estimate of drug-likeness (QED) is 0.254. The first-order valence-electron chi connectivity index (χ1n) is 7.63. The number of hydrogen-bond acceptors (Lipinski definition) is 0. The number of fused-ring (bicyclic) bond motifs is 3. The highest BCUT2D eigenvalue weighted by atomic mass is 79.9. The molecule has 0 atom stereocenters. The van der Waals surface area contributed by atoms with Crippen LogP contribution in [0.1, 0.15) is 25.7 Å². The summed E-state index contributed by atoms with van der Waals surface area (Å²) < 4.78 is 4.75. The summed E-state index contributed by atoms with van der Waals surface area (Å²) in [5, 5.41) is 3.79. The second-order valence-corrected chi connectivity index (χ2v) is 8.20. The van der Waals surface area contributed by atoms with Crippen LogP contribution in [0, 0.1) is 0 Å². The van der Waals surface area contributed by atoms with E-state index in [4.69, 9.17) is 0 Å². The van der Waals surface area contributed by atoms with E-state index in [2.05, 4.69) is 88.8 Å². The Balaban J connectivity index is 2.00. The van der Waals surface area contributed by atoms with E-state index in [9.17, 15) is 0 Å². The summed E-state index contributed by atoms with van der Waals surface area (Å²) in [7, 11) is 0. The van der Waals surface area contributed by atoms with Crippen LogP contribution in [-0.2, 0) is 6.54 Å². The number of benzene rings is 2. The minimum Gasteiger partial charge on any atom is -0.340 e. The fourth-order valence-corrected chi connectivity index (χ4v) is 4.09. The van der Waals surface area contributed by atoms with Gasteiger partial charge in [0.2, 0.25) is 0 Å². The molecule has 3 rings (SSSR count). The Morgan fingerprint density at radius 3 is 1.82 bits per heavy atom. The minimum atomic E-state index is 1.08. The van der Waals surface area contributed by atoms with E-state index in [1.54, 1.807) is 0 Å². The SMILES string of the molecule is BrCCCCCCn1c2cc(Br)ccc2c2ccc(Br)cc21. The molecule has 3 aromatic rings. The molecular weight excluding hydrogens is 470 g/mol. The molecule has 0 fully saturated rings. The number of rotatable bonds is 6. The second-order valence-electron chi connectivity index (χ2n) is 5.58. The fraction of sp³-hybridized carbons (Fsp3) is 0.333. The van der Waals surface area contributed by atoms with E-state index >= 15 is 0 Å². The first-order valence-corrected chi connectivity index (χ1v) is 10.3. The highest BCUT2D eigenvalue weighted by molar-refractivity contribution is 9.10. The van der Waals surface area contributed by atoms with E-state index in [1.165, 1.54) is 47.5 Å². The van der Waals surface area contributed by atoms with Gasteiger partial charge in [-0.1, -0.05) is 72.8 Å². The molecule has 4 heteroatoms. The first kappa shape index (κ1) is 16.5. The lowest BCUT2D eigenvalue weighted by atomic mass is 10.2. The van der Waals surface area contributed by atoms with Crippen LogP contribution < -0.4 is 0 Å². The fourth-order valence-electron chi connectivity index (χ4n) is 3.00. The first-order chi connectivity index (χ1) is 10.7. The predicted molar refractivity (Wildman–Crippen MR) is 107 cm³/mol. The predicted octanol–water partition coefficient (Wildman–Crippen LogP) is 7.27. The normalized spacial score (nSPS) is 11.6. The highest BCUT2D eigenvalue weighted by Crippen LogP contribution is 2.33. The summed E-state index contributed by atoms with van der Waals surface area (Å²) >= 11 is 10.7. The van der Waals surface area contributed by atoms with E-state index in [-0.39, 0.29) is 0 Å². The van der Waals surface area contributed by atoms with Crippen molar-refractivity contribution in [2.45, 2.75) is 32.2 Å². The van der Waals surface area contributed by atoms with Gasteiger partial charge < -0.3 is 4.57 Å². The standard InChI is InChI=1S/C18H18Br3N/c19-9-3-1-2-4-10-22-17-11-13(20)5-7-15(17)16-8-6-14(21)12-18(16)22/h5-8,11-12H,1-4,9-10H2. The van der Waals surface area contributed by atoms with Crippen LogP contribution in [0.25, 0.3) is 21.8 Å². The second kappa shape index (κ2) is 7.50. The number of nitrogens with zero attached hydrogens (tertiary/aromatic N) is 1. The molecular formula is C18H18Br3N. The number of hydrogen-bond donors (Lipinski definition) is 0. The largest absolute Gasteiger partial charge is 0.340 e. The Morgan fingerprint density at radius 1 is 0.727 bits per heavy atom. The highest BCUT2D eigenvalue weighted by Gasteiger charge is 2.11. The molecule has 1 heterocycles. The summed E-state index contributed by atoms with van der Waals surface area (Å²) in [5.74, 6) is 0. The Labute approximate surface area is 156 Å². The molecule has 22 heavy (non-hydrogen) atoms. The van der Waals surface area contributed by atoms with Crippen LogP contribution >= 0.6 is 47.8 Å². The van der Waals surface area contributed by atoms with E-state index in [1.807, 2.05) is 0 Å². The molecule has 0 aliphatic carbocycles. The van der Waals surface area contributed by atoms with Gasteiger partial charge in [0.05, 0.1) is 11.0 Å². The van der Waals surface area contributed by atoms with Crippen molar-refractivity contribution in [3.8, 4) is 0 Å². The lowest BCUT2D eigenvalue weighted by Gasteiger charge is -2.08. The van der Waals surface area contributed by atoms with E-state index in [0.717, 1.165) is 20.8 Å². The molecule has 0 aliphatic rings. The van der Waals surface area contributed by atoms with Gasteiger partial charge in [-0.2, -0.15) is 0 Å². The van der Waals surface area contributed by atoms with Crippen molar-refractivity contribution in [3.05, 3.63) is 45.3 Å². The molecule has 0 amide bonds. The molecule has 1 nitrogen and oxygen atoms in total. The topological polar surface area (TPSA) is 4.93 Å². The molecule has 0 aliphatic heterocycles. The zero-order valence-corrected chi connectivity index (χ0v) is 17.0. The summed E-state index contributed by atoms with van der Waals surface area (Å²) in [6, 6.07) is 13.2. The maximum Gasteiger partial charge on any atom is 0.0502 e. The van der Waals surface area contributed by atoms with Crippen molar-refractivity contribution in [2.24, 2.45) is 0 Å². The molecule has 116 valence electrons. The van der Waals surface area contributed by atoms with Gasteiger partial charge >= 0.3 is 0 Å². The number of aryl methyl sites for hydroxylation is 1. The van der Waals surface area contributed by atoms with Crippen LogP contribution in [0.2, 0.25) is 0 Å². The van der Waals surface area contributed by atoms with Crippen molar-refractivity contribution in [2.75, 3.05) is 5.33 Å². The maximum absolute atomic E-state index is 3.61. The van der Waals surface area contributed by atoms with Crippen LogP contribution in [0.15, 0.2) is 45.3 Å². The molecule has 0 bridgehead atoms. The Hall–Kier alpha value is -0.320. The summed E-state index contributed by atoms with van der Waals surface area (Å²) in [6.07, 6.45) is 5.08. The van der Waals surface area contributed by atoms with Gasteiger partial charge in [-0.15, -0.1) is 0 Å². The zero-order valence-electron chi connectivity index (χ0n) is 12.3. The molecule has 2 aromatic carbocycles. The molecule has 0 N–H and O–H groups in total. The average Bonchev–Trinajstić information content (AvgIpc) is 2.79. The monoisotopic (exact) mass is 485 g/mol. The molecule has 0 saturated heterocycles. The van der Waals surface area contributed by atoms with Gasteiger partial charge in [0.25, 0.3) is 0 Å². The third kappa shape index (κ3) is 3.44. The van der Waals surface area contributed by atoms with E-state index in [0.29, 0.717) is 0 Å². The van der Waals surface area contributed by atoms with Crippen molar-refractivity contribution < 1.29 is 0 Å². The van der Waals surface area contributed by atoms with Gasteiger partial charge in [-0.25, -0.2) is 0 Å². The lowest BCUT2D eigenvalue weighted by molar-refractivity contribution is 0.605. The number of unbranched alkanes of at least 4 members (excludes halogenated alkanes) is 3. The van der Waals surface area contributed by atoms with Gasteiger partial charge in [0.1, 0.15) is 0 Å². The number of halogens is 3. The van der Waals surface area contributed by atoms with Crippen molar-refractivity contribution in [3.63, 3.8) is 0 Å². The van der Waals surface area contributed by atoms with Crippen LogP contribution in [0.4, 0.5) is 0 Å².